The smallest absolute Gasteiger partial charge is 0.406 e. The van der Waals surface area contributed by atoms with Crippen LogP contribution in [0.4, 0.5) is 30.6 Å². The first kappa shape index (κ1) is 21.9. The van der Waals surface area contributed by atoms with E-state index in [1.54, 1.807) is 12.1 Å². The average Bonchev–Trinajstić information content (AvgIpc) is 3.19. The van der Waals surface area contributed by atoms with Crippen molar-refractivity contribution in [3.8, 4) is 17.0 Å². The van der Waals surface area contributed by atoms with Crippen molar-refractivity contribution in [1.29, 1.82) is 0 Å². The number of nitrogens with zero attached hydrogens (tertiary/aromatic N) is 2. The molecule has 0 aliphatic heterocycles. The molecule has 0 atom stereocenters. The second kappa shape index (κ2) is 9.06. The number of benzene rings is 2. The Labute approximate surface area is 185 Å². The molecule has 5 nitrogen and oxygen atoms in total. The van der Waals surface area contributed by atoms with Crippen LogP contribution in [0.5, 0.6) is 5.75 Å². The van der Waals surface area contributed by atoms with Gasteiger partial charge in [-0.05, 0) is 62.1 Å². The largest absolute Gasteiger partial charge is 0.573 e. The van der Waals surface area contributed by atoms with Crippen LogP contribution in [0.15, 0.2) is 48.5 Å². The maximum Gasteiger partial charge on any atom is 0.573 e. The molecule has 1 saturated carbocycles. The van der Waals surface area contributed by atoms with E-state index in [9.17, 15) is 13.2 Å². The summed E-state index contributed by atoms with van der Waals surface area (Å²) in [4.78, 5) is 9.20. The van der Waals surface area contributed by atoms with Crippen LogP contribution in [-0.2, 0) is 0 Å². The van der Waals surface area contributed by atoms with Gasteiger partial charge in [0.05, 0.1) is 5.69 Å². The van der Waals surface area contributed by atoms with Gasteiger partial charge in [-0.1, -0.05) is 31.0 Å². The van der Waals surface area contributed by atoms with E-state index >= 15 is 0 Å². The lowest BCUT2D eigenvalue weighted by Gasteiger charge is -2.16. The fourth-order valence-corrected chi connectivity index (χ4v) is 4.02. The molecule has 0 spiro atoms. The highest BCUT2D eigenvalue weighted by Gasteiger charge is 2.31. The summed E-state index contributed by atoms with van der Waals surface area (Å²) in [7, 11) is 0. The lowest BCUT2D eigenvalue weighted by molar-refractivity contribution is -0.274. The van der Waals surface area contributed by atoms with E-state index in [4.69, 9.17) is 0 Å². The van der Waals surface area contributed by atoms with E-state index < -0.39 is 6.36 Å². The number of ether oxygens (including phenoxy) is 1. The summed E-state index contributed by atoms with van der Waals surface area (Å²) >= 11 is 0. The van der Waals surface area contributed by atoms with Crippen molar-refractivity contribution in [2.75, 3.05) is 10.6 Å². The van der Waals surface area contributed by atoms with Crippen molar-refractivity contribution in [1.82, 2.24) is 9.97 Å². The maximum atomic E-state index is 12.7. The Morgan fingerprint density at radius 2 is 1.66 bits per heavy atom. The summed E-state index contributed by atoms with van der Waals surface area (Å²) in [5, 5.41) is 6.69. The van der Waals surface area contributed by atoms with Crippen LogP contribution in [0.1, 0.15) is 36.8 Å². The summed E-state index contributed by atoms with van der Waals surface area (Å²) in [5.74, 6) is 0.716. The van der Waals surface area contributed by atoms with Crippen LogP contribution in [0, 0.1) is 13.8 Å². The summed E-state index contributed by atoms with van der Waals surface area (Å²) in [6.45, 7) is 4.03. The van der Waals surface area contributed by atoms with Crippen molar-refractivity contribution in [2.45, 2.75) is 51.9 Å². The number of hydrogen-bond acceptors (Lipinski definition) is 5. The predicted molar refractivity (Wildman–Crippen MR) is 119 cm³/mol. The number of halogens is 3. The van der Waals surface area contributed by atoms with Crippen LogP contribution < -0.4 is 15.4 Å². The Kier molecular flexibility index (Phi) is 6.21. The molecule has 8 heteroatoms. The SMILES string of the molecule is Cc1cc(C)cc(Nc2cc(-c3cccc(OC(F)(F)F)c3)nc(NC3CCCC3)n2)c1. The Morgan fingerprint density at radius 1 is 0.938 bits per heavy atom. The number of hydrogen-bond donors (Lipinski definition) is 2. The predicted octanol–water partition coefficient (Wildman–Crippen LogP) is 6.76. The minimum atomic E-state index is -4.75. The van der Waals surface area contributed by atoms with Crippen LogP contribution in [-0.4, -0.2) is 22.4 Å². The third-order valence-corrected chi connectivity index (χ3v) is 5.27. The molecule has 1 aromatic heterocycles. The van der Waals surface area contributed by atoms with Gasteiger partial charge < -0.3 is 15.4 Å². The first-order valence-electron chi connectivity index (χ1n) is 10.6. The zero-order chi connectivity index (χ0) is 22.7. The van der Waals surface area contributed by atoms with Crippen molar-refractivity contribution in [3.63, 3.8) is 0 Å². The Balaban J connectivity index is 1.69. The van der Waals surface area contributed by atoms with Gasteiger partial charge in [0.15, 0.2) is 0 Å². The highest BCUT2D eigenvalue weighted by molar-refractivity contribution is 5.69. The number of nitrogens with one attached hydrogen (secondary N) is 2. The molecule has 168 valence electrons. The molecule has 1 aliphatic rings. The van der Waals surface area contributed by atoms with Gasteiger partial charge in [-0.3, -0.25) is 0 Å². The minimum absolute atomic E-state index is 0.289. The normalized spacial score (nSPS) is 14.4. The van der Waals surface area contributed by atoms with E-state index in [0.717, 1.165) is 42.5 Å². The van der Waals surface area contributed by atoms with Gasteiger partial charge in [-0.25, -0.2) is 4.98 Å². The quantitative estimate of drug-likeness (QED) is 0.442. The van der Waals surface area contributed by atoms with Gasteiger partial charge in [0.1, 0.15) is 11.6 Å². The molecule has 0 radical (unpaired) electrons. The second-order valence-corrected chi connectivity index (χ2v) is 8.16. The molecule has 32 heavy (non-hydrogen) atoms. The second-order valence-electron chi connectivity index (χ2n) is 8.16. The average molecular weight is 442 g/mol. The highest BCUT2D eigenvalue weighted by atomic mass is 19.4. The fraction of sp³-hybridized carbons (Fsp3) is 0.333. The van der Waals surface area contributed by atoms with E-state index in [1.807, 2.05) is 26.0 Å². The van der Waals surface area contributed by atoms with E-state index in [-0.39, 0.29) is 5.75 Å². The molecular formula is C24H25F3N4O. The van der Waals surface area contributed by atoms with Crippen LogP contribution in [0.3, 0.4) is 0 Å². The fourth-order valence-electron chi connectivity index (χ4n) is 4.02. The molecule has 2 aromatic carbocycles. The van der Waals surface area contributed by atoms with E-state index in [1.165, 1.54) is 18.2 Å². The summed E-state index contributed by atoms with van der Waals surface area (Å²) in [6, 6.07) is 13.9. The van der Waals surface area contributed by atoms with Crippen molar-refractivity contribution >= 4 is 17.5 Å². The van der Waals surface area contributed by atoms with Crippen molar-refractivity contribution < 1.29 is 17.9 Å². The summed E-state index contributed by atoms with van der Waals surface area (Å²) < 4.78 is 42.1. The Morgan fingerprint density at radius 3 is 2.34 bits per heavy atom. The lowest BCUT2D eigenvalue weighted by atomic mass is 10.1. The Bertz CT molecular complexity index is 1070. The molecule has 1 heterocycles. The van der Waals surface area contributed by atoms with Crippen molar-refractivity contribution in [3.05, 3.63) is 59.7 Å². The van der Waals surface area contributed by atoms with Gasteiger partial charge >= 0.3 is 6.36 Å². The zero-order valence-corrected chi connectivity index (χ0v) is 18.0. The summed E-state index contributed by atoms with van der Waals surface area (Å²) in [5.41, 5.74) is 4.12. The van der Waals surface area contributed by atoms with Crippen LogP contribution in [0.25, 0.3) is 11.3 Å². The van der Waals surface area contributed by atoms with Crippen LogP contribution in [0.2, 0.25) is 0 Å². The molecule has 1 aliphatic carbocycles. The standard InChI is InChI=1S/C24H25F3N4O/c1-15-10-16(2)12-19(11-15)28-22-14-21(30-23(31-22)29-18-7-3-4-8-18)17-6-5-9-20(13-17)32-24(25,26)27/h5-6,9-14,18H,3-4,7-8H2,1-2H3,(H2,28,29,30,31). The van der Waals surface area contributed by atoms with E-state index in [0.29, 0.717) is 29.1 Å². The van der Waals surface area contributed by atoms with Gasteiger partial charge in [-0.15, -0.1) is 13.2 Å². The van der Waals surface area contributed by atoms with Gasteiger partial charge in [-0.2, -0.15) is 4.98 Å². The van der Waals surface area contributed by atoms with Crippen molar-refractivity contribution in [2.24, 2.45) is 0 Å². The first-order chi connectivity index (χ1) is 15.2. The lowest BCUT2D eigenvalue weighted by Crippen LogP contribution is -2.17. The third kappa shape index (κ3) is 5.90. The molecule has 1 fully saturated rings. The molecule has 0 saturated heterocycles. The Hall–Kier alpha value is -3.29. The molecule has 3 aromatic rings. The highest BCUT2D eigenvalue weighted by Crippen LogP contribution is 2.30. The maximum absolute atomic E-state index is 12.7. The molecule has 0 amide bonds. The van der Waals surface area contributed by atoms with Crippen LogP contribution >= 0.6 is 0 Å². The van der Waals surface area contributed by atoms with Gasteiger partial charge in [0, 0.05) is 23.4 Å². The summed E-state index contributed by atoms with van der Waals surface area (Å²) in [6.07, 6.45) is -0.358. The number of aromatic nitrogens is 2. The molecule has 0 bridgehead atoms. The third-order valence-electron chi connectivity index (χ3n) is 5.27. The van der Waals surface area contributed by atoms with E-state index in [2.05, 4.69) is 31.4 Å². The number of alkyl halides is 3. The number of rotatable bonds is 6. The number of anilines is 3. The molecule has 2 N–H and O–H groups in total. The number of aryl methyl sites for hydroxylation is 2. The first-order valence-corrected chi connectivity index (χ1v) is 10.6. The monoisotopic (exact) mass is 442 g/mol. The minimum Gasteiger partial charge on any atom is -0.406 e. The molecule has 4 rings (SSSR count). The molecular weight excluding hydrogens is 417 g/mol. The zero-order valence-electron chi connectivity index (χ0n) is 18.0. The van der Waals surface area contributed by atoms with Gasteiger partial charge in [0.2, 0.25) is 5.95 Å². The topological polar surface area (TPSA) is 59.1 Å². The molecule has 0 unspecified atom stereocenters. The van der Waals surface area contributed by atoms with Gasteiger partial charge in [0.25, 0.3) is 0 Å².